The molecule has 3 heteroatoms. The first kappa shape index (κ1) is 10.7. The molecule has 76 valence electrons. The van der Waals surface area contributed by atoms with Gasteiger partial charge in [-0.3, -0.25) is 0 Å². The molecule has 1 heterocycles. The van der Waals surface area contributed by atoms with Crippen LogP contribution in [0.1, 0.15) is 33.1 Å². The Kier molecular flexibility index (Phi) is 3.45. The SMILES string of the molecule is CC[C@@H]1C[C@@](C=O)(CC)OC1OC. The van der Waals surface area contributed by atoms with Crippen molar-refractivity contribution in [3.63, 3.8) is 0 Å². The van der Waals surface area contributed by atoms with E-state index in [0.29, 0.717) is 5.92 Å². The summed E-state index contributed by atoms with van der Waals surface area (Å²) in [5.41, 5.74) is -0.582. The molecule has 3 nitrogen and oxygen atoms in total. The van der Waals surface area contributed by atoms with E-state index in [2.05, 4.69) is 6.92 Å². The number of aldehydes is 1. The van der Waals surface area contributed by atoms with E-state index in [1.807, 2.05) is 6.92 Å². The molecule has 0 bridgehead atoms. The smallest absolute Gasteiger partial charge is 0.161 e. The third kappa shape index (κ3) is 1.92. The molecule has 0 amide bonds. The largest absolute Gasteiger partial charge is 0.356 e. The molecule has 0 radical (unpaired) electrons. The Hall–Kier alpha value is -0.410. The van der Waals surface area contributed by atoms with Gasteiger partial charge < -0.3 is 14.3 Å². The molecule has 0 spiro atoms. The fraction of sp³-hybridized carbons (Fsp3) is 0.900. The van der Waals surface area contributed by atoms with E-state index < -0.39 is 5.60 Å². The van der Waals surface area contributed by atoms with Gasteiger partial charge in [0.05, 0.1) is 0 Å². The van der Waals surface area contributed by atoms with Crippen molar-refractivity contribution in [1.82, 2.24) is 0 Å². The number of rotatable bonds is 4. The van der Waals surface area contributed by atoms with Gasteiger partial charge in [-0.1, -0.05) is 13.8 Å². The second kappa shape index (κ2) is 4.20. The lowest BCUT2D eigenvalue weighted by Crippen LogP contribution is -2.30. The third-order valence-corrected chi connectivity index (χ3v) is 2.91. The lowest BCUT2D eigenvalue weighted by molar-refractivity contribution is -0.169. The van der Waals surface area contributed by atoms with Crippen LogP contribution in [0.5, 0.6) is 0 Å². The number of carbonyl (C=O) groups excluding carboxylic acids is 1. The molecule has 0 N–H and O–H groups in total. The van der Waals surface area contributed by atoms with Crippen molar-refractivity contribution in [2.75, 3.05) is 7.11 Å². The number of hydrogen-bond acceptors (Lipinski definition) is 3. The van der Waals surface area contributed by atoms with Gasteiger partial charge in [0, 0.05) is 13.0 Å². The molecule has 1 saturated heterocycles. The maximum absolute atomic E-state index is 10.9. The molecular weight excluding hydrogens is 168 g/mol. The van der Waals surface area contributed by atoms with Gasteiger partial charge in [-0.25, -0.2) is 0 Å². The van der Waals surface area contributed by atoms with Gasteiger partial charge in [0.25, 0.3) is 0 Å². The predicted molar refractivity (Wildman–Crippen MR) is 49.4 cm³/mol. The fourth-order valence-electron chi connectivity index (χ4n) is 1.88. The van der Waals surface area contributed by atoms with E-state index in [-0.39, 0.29) is 6.29 Å². The number of carbonyl (C=O) groups is 1. The Morgan fingerprint density at radius 2 is 2.31 bits per heavy atom. The second-order valence-electron chi connectivity index (χ2n) is 3.63. The lowest BCUT2D eigenvalue weighted by Gasteiger charge is -2.20. The highest BCUT2D eigenvalue weighted by Gasteiger charge is 2.44. The Balaban J connectivity index is 2.70. The Morgan fingerprint density at radius 3 is 2.62 bits per heavy atom. The zero-order chi connectivity index (χ0) is 9.90. The number of hydrogen-bond donors (Lipinski definition) is 0. The maximum Gasteiger partial charge on any atom is 0.161 e. The number of ether oxygens (including phenoxy) is 2. The zero-order valence-corrected chi connectivity index (χ0v) is 8.58. The van der Waals surface area contributed by atoms with E-state index in [0.717, 1.165) is 25.5 Å². The van der Waals surface area contributed by atoms with Gasteiger partial charge >= 0.3 is 0 Å². The van der Waals surface area contributed by atoms with Crippen molar-refractivity contribution in [2.24, 2.45) is 5.92 Å². The van der Waals surface area contributed by atoms with Crippen molar-refractivity contribution in [1.29, 1.82) is 0 Å². The standard InChI is InChI=1S/C10H18O3/c1-4-8-6-10(5-2,7-11)13-9(8)12-3/h7-9H,4-6H2,1-3H3/t8-,9?,10-/m1/s1. The molecule has 1 aliphatic heterocycles. The molecule has 1 unspecified atom stereocenters. The molecule has 0 aromatic carbocycles. The van der Waals surface area contributed by atoms with Crippen LogP contribution >= 0.6 is 0 Å². The van der Waals surface area contributed by atoms with Gasteiger partial charge in [0.2, 0.25) is 0 Å². The van der Waals surface area contributed by atoms with Gasteiger partial charge in [0.1, 0.15) is 5.60 Å². The second-order valence-corrected chi connectivity index (χ2v) is 3.63. The minimum atomic E-state index is -0.582. The van der Waals surface area contributed by atoms with E-state index >= 15 is 0 Å². The van der Waals surface area contributed by atoms with Crippen molar-refractivity contribution >= 4 is 6.29 Å². The summed E-state index contributed by atoms with van der Waals surface area (Å²) >= 11 is 0. The lowest BCUT2D eigenvalue weighted by atomic mass is 9.91. The van der Waals surface area contributed by atoms with Gasteiger partial charge in [0.15, 0.2) is 12.6 Å². The molecular formula is C10H18O3. The zero-order valence-electron chi connectivity index (χ0n) is 8.58. The topological polar surface area (TPSA) is 35.5 Å². The van der Waals surface area contributed by atoms with Crippen molar-refractivity contribution in [3.05, 3.63) is 0 Å². The molecule has 0 aromatic heterocycles. The Bertz CT molecular complexity index is 167. The number of methoxy groups -OCH3 is 1. The average molecular weight is 186 g/mol. The van der Waals surface area contributed by atoms with E-state index in [4.69, 9.17) is 9.47 Å². The van der Waals surface area contributed by atoms with Crippen LogP contribution in [-0.2, 0) is 14.3 Å². The average Bonchev–Trinajstić information content (AvgIpc) is 2.57. The normalized spacial score (nSPS) is 39.3. The Morgan fingerprint density at radius 1 is 1.62 bits per heavy atom. The highest BCUT2D eigenvalue weighted by Crippen LogP contribution is 2.37. The molecule has 1 aliphatic rings. The van der Waals surface area contributed by atoms with Crippen LogP contribution in [-0.4, -0.2) is 25.3 Å². The quantitative estimate of drug-likeness (QED) is 0.627. The minimum absolute atomic E-state index is 0.199. The van der Waals surface area contributed by atoms with Crippen LogP contribution in [0.15, 0.2) is 0 Å². The Labute approximate surface area is 79.4 Å². The molecule has 1 fully saturated rings. The van der Waals surface area contributed by atoms with Crippen LogP contribution in [0.2, 0.25) is 0 Å². The van der Waals surface area contributed by atoms with Gasteiger partial charge in [-0.2, -0.15) is 0 Å². The summed E-state index contributed by atoms with van der Waals surface area (Å²) in [5, 5.41) is 0. The van der Waals surface area contributed by atoms with Gasteiger partial charge in [-0.15, -0.1) is 0 Å². The highest BCUT2D eigenvalue weighted by molar-refractivity contribution is 5.63. The molecule has 0 aliphatic carbocycles. The first-order valence-electron chi connectivity index (χ1n) is 4.88. The summed E-state index contributed by atoms with van der Waals surface area (Å²) in [6.07, 6.45) is 3.24. The molecule has 1 rings (SSSR count). The van der Waals surface area contributed by atoms with Crippen LogP contribution in [0.3, 0.4) is 0 Å². The van der Waals surface area contributed by atoms with Gasteiger partial charge in [-0.05, 0) is 19.3 Å². The van der Waals surface area contributed by atoms with Crippen molar-refractivity contribution in [2.45, 2.75) is 45.0 Å². The summed E-state index contributed by atoms with van der Waals surface area (Å²) < 4.78 is 10.8. The monoisotopic (exact) mass is 186 g/mol. The van der Waals surface area contributed by atoms with Crippen LogP contribution in [0.25, 0.3) is 0 Å². The van der Waals surface area contributed by atoms with E-state index in [1.165, 1.54) is 0 Å². The van der Waals surface area contributed by atoms with Crippen molar-refractivity contribution < 1.29 is 14.3 Å². The molecule has 13 heavy (non-hydrogen) atoms. The summed E-state index contributed by atoms with van der Waals surface area (Å²) in [7, 11) is 1.63. The highest BCUT2D eigenvalue weighted by atomic mass is 16.7. The summed E-state index contributed by atoms with van der Waals surface area (Å²) in [4.78, 5) is 10.9. The summed E-state index contributed by atoms with van der Waals surface area (Å²) in [5.74, 6) is 0.357. The van der Waals surface area contributed by atoms with Crippen LogP contribution < -0.4 is 0 Å². The molecule has 0 saturated carbocycles. The van der Waals surface area contributed by atoms with Crippen LogP contribution in [0, 0.1) is 5.92 Å². The first-order chi connectivity index (χ1) is 6.21. The molecule has 3 atom stereocenters. The maximum atomic E-state index is 10.9. The summed E-state index contributed by atoms with van der Waals surface area (Å²) in [6.45, 7) is 4.07. The van der Waals surface area contributed by atoms with Crippen LogP contribution in [0.4, 0.5) is 0 Å². The third-order valence-electron chi connectivity index (χ3n) is 2.91. The first-order valence-corrected chi connectivity index (χ1v) is 4.88. The summed E-state index contributed by atoms with van der Waals surface area (Å²) in [6, 6.07) is 0. The van der Waals surface area contributed by atoms with Crippen molar-refractivity contribution in [3.8, 4) is 0 Å². The predicted octanol–water partition coefficient (Wildman–Crippen LogP) is 1.75. The molecule has 0 aromatic rings. The minimum Gasteiger partial charge on any atom is -0.356 e. The van der Waals surface area contributed by atoms with E-state index in [1.54, 1.807) is 7.11 Å². The van der Waals surface area contributed by atoms with E-state index in [9.17, 15) is 4.79 Å². The fourth-order valence-corrected chi connectivity index (χ4v) is 1.88.